The molecule has 2 N–H and O–H groups in total. The van der Waals surface area contributed by atoms with Crippen LogP contribution >= 0.6 is 11.3 Å². The van der Waals surface area contributed by atoms with Gasteiger partial charge in [-0.1, -0.05) is 0 Å². The normalized spacial score (nSPS) is 23.5. The number of aryl methyl sites for hydroxylation is 2. The molecule has 0 aliphatic carbocycles. The van der Waals surface area contributed by atoms with Gasteiger partial charge in [-0.05, 0) is 26.8 Å². The monoisotopic (exact) mass is 304 g/mol. The molecule has 1 aromatic rings. The Labute approximate surface area is 118 Å². The molecule has 1 aliphatic heterocycles. The van der Waals surface area contributed by atoms with Crippen LogP contribution in [0.5, 0.6) is 0 Å². The first-order valence-electron chi connectivity index (χ1n) is 6.26. The van der Waals surface area contributed by atoms with Gasteiger partial charge in [0, 0.05) is 28.9 Å². The topological polar surface area (TPSA) is 72.6 Å². The van der Waals surface area contributed by atoms with Crippen molar-refractivity contribution in [2.75, 3.05) is 19.7 Å². The summed E-state index contributed by atoms with van der Waals surface area (Å²) < 4.78 is 32.2. The standard InChI is InChI=1S/C12H20N2O3S2/c1-8-6-12(10(3)18-8)19(15,16)14-4-5-17-11(7-14)9(2)13/h6,9,11H,4-5,7,13H2,1-3H3. The molecule has 2 rings (SSSR count). The van der Waals surface area contributed by atoms with E-state index >= 15 is 0 Å². The van der Waals surface area contributed by atoms with Crippen molar-refractivity contribution in [2.45, 2.75) is 37.8 Å². The molecule has 0 bridgehead atoms. The molecule has 1 saturated heterocycles. The summed E-state index contributed by atoms with van der Waals surface area (Å²) in [5.74, 6) is 0. The highest BCUT2D eigenvalue weighted by Gasteiger charge is 2.33. The van der Waals surface area contributed by atoms with Crippen molar-refractivity contribution in [3.05, 3.63) is 15.8 Å². The molecule has 0 amide bonds. The fraction of sp³-hybridized carbons (Fsp3) is 0.667. The molecular formula is C12H20N2O3S2. The summed E-state index contributed by atoms with van der Waals surface area (Å²) in [4.78, 5) is 2.26. The number of hydrogen-bond donors (Lipinski definition) is 1. The van der Waals surface area contributed by atoms with Crippen LogP contribution in [0.25, 0.3) is 0 Å². The molecule has 0 radical (unpaired) electrons. The summed E-state index contributed by atoms with van der Waals surface area (Å²) in [6, 6.07) is 1.56. The van der Waals surface area contributed by atoms with Gasteiger partial charge >= 0.3 is 0 Å². The first-order valence-corrected chi connectivity index (χ1v) is 8.52. The highest BCUT2D eigenvalue weighted by atomic mass is 32.2. The predicted octanol–water partition coefficient (Wildman–Crippen LogP) is 1.10. The lowest BCUT2D eigenvalue weighted by atomic mass is 10.2. The van der Waals surface area contributed by atoms with Gasteiger partial charge in [-0.25, -0.2) is 8.42 Å². The number of morpholine rings is 1. The van der Waals surface area contributed by atoms with E-state index in [1.54, 1.807) is 6.07 Å². The number of nitrogens with zero attached hydrogens (tertiary/aromatic N) is 1. The van der Waals surface area contributed by atoms with Crippen molar-refractivity contribution in [3.8, 4) is 0 Å². The molecule has 0 saturated carbocycles. The maximum absolute atomic E-state index is 12.6. The van der Waals surface area contributed by atoms with Crippen LogP contribution < -0.4 is 5.73 Å². The smallest absolute Gasteiger partial charge is 0.244 e. The van der Waals surface area contributed by atoms with Crippen molar-refractivity contribution in [2.24, 2.45) is 5.73 Å². The van der Waals surface area contributed by atoms with Gasteiger partial charge in [0.15, 0.2) is 0 Å². The quantitative estimate of drug-likeness (QED) is 0.907. The number of sulfonamides is 1. The Bertz CT molecular complexity index is 551. The van der Waals surface area contributed by atoms with Crippen LogP contribution in [0.1, 0.15) is 16.7 Å². The molecule has 1 fully saturated rings. The minimum absolute atomic E-state index is 0.177. The largest absolute Gasteiger partial charge is 0.374 e. The Morgan fingerprint density at radius 1 is 1.53 bits per heavy atom. The van der Waals surface area contributed by atoms with Crippen LogP contribution in [0.4, 0.5) is 0 Å². The summed E-state index contributed by atoms with van der Waals surface area (Å²) in [6.07, 6.45) is -0.233. The molecule has 0 aromatic carbocycles. The van der Waals surface area contributed by atoms with E-state index in [0.29, 0.717) is 24.6 Å². The first kappa shape index (κ1) is 14.9. The summed E-state index contributed by atoms with van der Waals surface area (Å²) in [7, 11) is -3.43. The first-order chi connectivity index (χ1) is 8.82. The van der Waals surface area contributed by atoms with Crippen molar-refractivity contribution >= 4 is 21.4 Å². The van der Waals surface area contributed by atoms with Crippen LogP contribution in [-0.4, -0.2) is 44.6 Å². The van der Waals surface area contributed by atoms with Crippen LogP contribution in [0.2, 0.25) is 0 Å². The van der Waals surface area contributed by atoms with E-state index in [0.717, 1.165) is 9.75 Å². The lowest BCUT2D eigenvalue weighted by molar-refractivity contribution is -0.0120. The lowest BCUT2D eigenvalue weighted by Crippen LogP contribution is -2.51. The third-order valence-electron chi connectivity index (χ3n) is 3.26. The summed E-state index contributed by atoms with van der Waals surface area (Å²) in [5, 5.41) is 0. The third kappa shape index (κ3) is 3.00. The van der Waals surface area contributed by atoms with Gasteiger partial charge in [0.2, 0.25) is 10.0 Å². The molecule has 7 heteroatoms. The zero-order chi connectivity index (χ0) is 14.2. The Morgan fingerprint density at radius 2 is 2.21 bits per heavy atom. The second-order valence-corrected chi connectivity index (χ2v) is 8.28. The molecule has 0 spiro atoms. The molecule has 108 valence electrons. The summed E-state index contributed by atoms with van der Waals surface area (Å²) in [5.41, 5.74) is 5.80. The molecule has 1 aliphatic rings. The molecule has 2 atom stereocenters. The highest BCUT2D eigenvalue weighted by Crippen LogP contribution is 2.28. The van der Waals surface area contributed by atoms with Gasteiger partial charge < -0.3 is 10.5 Å². The minimum atomic E-state index is -3.43. The van der Waals surface area contributed by atoms with E-state index in [9.17, 15) is 8.42 Å². The maximum Gasteiger partial charge on any atom is 0.244 e. The number of rotatable bonds is 3. The van der Waals surface area contributed by atoms with Gasteiger partial charge in [0.05, 0.1) is 17.6 Å². The van der Waals surface area contributed by atoms with E-state index in [1.165, 1.54) is 15.6 Å². The zero-order valence-corrected chi connectivity index (χ0v) is 13.1. The van der Waals surface area contributed by atoms with E-state index in [4.69, 9.17) is 10.5 Å². The molecule has 5 nitrogen and oxygen atoms in total. The van der Waals surface area contributed by atoms with Gasteiger partial charge in [-0.3, -0.25) is 0 Å². The Kier molecular flexibility index (Phi) is 4.32. The van der Waals surface area contributed by atoms with E-state index < -0.39 is 10.0 Å². The van der Waals surface area contributed by atoms with Crippen LogP contribution in [0, 0.1) is 13.8 Å². The van der Waals surface area contributed by atoms with E-state index in [2.05, 4.69) is 0 Å². The Hall–Kier alpha value is -0.470. The lowest BCUT2D eigenvalue weighted by Gasteiger charge is -2.33. The van der Waals surface area contributed by atoms with Gasteiger partial charge in [-0.15, -0.1) is 11.3 Å². The summed E-state index contributed by atoms with van der Waals surface area (Å²) in [6.45, 7) is 6.71. The van der Waals surface area contributed by atoms with Crippen molar-refractivity contribution in [1.29, 1.82) is 0 Å². The van der Waals surface area contributed by atoms with Crippen LogP contribution in [0.3, 0.4) is 0 Å². The number of thiophene rings is 1. The Balaban J connectivity index is 2.27. The SMILES string of the molecule is Cc1cc(S(=O)(=O)N2CCOC(C(C)N)C2)c(C)s1. The number of hydrogen-bond acceptors (Lipinski definition) is 5. The number of ether oxygens (including phenoxy) is 1. The molecule has 1 aromatic heterocycles. The third-order valence-corrected chi connectivity index (χ3v) is 6.34. The second kappa shape index (κ2) is 5.49. The van der Waals surface area contributed by atoms with Crippen molar-refractivity contribution in [3.63, 3.8) is 0 Å². The highest BCUT2D eigenvalue weighted by molar-refractivity contribution is 7.89. The Morgan fingerprint density at radius 3 is 2.74 bits per heavy atom. The van der Waals surface area contributed by atoms with Crippen molar-refractivity contribution in [1.82, 2.24) is 4.31 Å². The molecular weight excluding hydrogens is 284 g/mol. The number of nitrogens with two attached hydrogens (primary N) is 1. The van der Waals surface area contributed by atoms with Gasteiger partial charge in [0.1, 0.15) is 0 Å². The molecule has 2 heterocycles. The molecule has 19 heavy (non-hydrogen) atoms. The fourth-order valence-electron chi connectivity index (χ4n) is 2.19. The van der Waals surface area contributed by atoms with E-state index in [1.807, 2.05) is 20.8 Å². The average molecular weight is 304 g/mol. The van der Waals surface area contributed by atoms with Gasteiger partial charge in [-0.2, -0.15) is 4.31 Å². The zero-order valence-electron chi connectivity index (χ0n) is 11.4. The molecule has 2 unspecified atom stereocenters. The van der Waals surface area contributed by atoms with Gasteiger partial charge in [0.25, 0.3) is 0 Å². The van der Waals surface area contributed by atoms with Crippen LogP contribution in [-0.2, 0) is 14.8 Å². The minimum Gasteiger partial charge on any atom is -0.374 e. The average Bonchev–Trinajstić information content (AvgIpc) is 2.69. The maximum atomic E-state index is 12.6. The van der Waals surface area contributed by atoms with Crippen molar-refractivity contribution < 1.29 is 13.2 Å². The fourth-order valence-corrected chi connectivity index (χ4v) is 5.15. The predicted molar refractivity (Wildman–Crippen MR) is 75.9 cm³/mol. The van der Waals surface area contributed by atoms with E-state index in [-0.39, 0.29) is 12.1 Å². The van der Waals surface area contributed by atoms with Crippen LogP contribution in [0.15, 0.2) is 11.0 Å². The summed E-state index contributed by atoms with van der Waals surface area (Å²) >= 11 is 1.51. The second-order valence-electron chi connectivity index (χ2n) is 4.91.